The van der Waals surface area contributed by atoms with Crippen LogP contribution in [-0.4, -0.2) is 39.0 Å². The van der Waals surface area contributed by atoms with Crippen molar-refractivity contribution in [2.75, 3.05) is 19.6 Å². The normalized spacial score (nSPS) is 12.0. The van der Waals surface area contributed by atoms with Gasteiger partial charge in [-0.05, 0) is 37.1 Å². The first-order valence-electron chi connectivity index (χ1n) is 8.49. The van der Waals surface area contributed by atoms with Gasteiger partial charge in [-0.3, -0.25) is 4.98 Å². The van der Waals surface area contributed by atoms with Crippen LogP contribution < -0.4 is 15.4 Å². The van der Waals surface area contributed by atoms with E-state index in [4.69, 9.17) is 0 Å². The largest absolute Gasteiger partial charge is 0.357 e. The van der Waals surface area contributed by atoms with E-state index in [1.807, 2.05) is 25.1 Å². The van der Waals surface area contributed by atoms with Gasteiger partial charge in [0, 0.05) is 32.0 Å². The van der Waals surface area contributed by atoms with Crippen LogP contribution in [0.3, 0.4) is 0 Å². The van der Waals surface area contributed by atoms with Crippen molar-refractivity contribution < 1.29 is 8.42 Å². The third-order valence-corrected chi connectivity index (χ3v) is 5.11. The van der Waals surface area contributed by atoms with Crippen LogP contribution in [0.2, 0.25) is 0 Å². The zero-order valence-corrected chi connectivity index (χ0v) is 15.9. The van der Waals surface area contributed by atoms with Gasteiger partial charge in [-0.15, -0.1) is 0 Å². The maximum atomic E-state index is 12.1. The summed E-state index contributed by atoms with van der Waals surface area (Å²) in [5.74, 6) is 0.649. The zero-order valence-electron chi connectivity index (χ0n) is 15.1. The molecule has 0 fully saturated rings. The lowest BCUT2D eigenvalue weighted by Gasteiger charge is -2.12. The fraction of sp³-hybridized carbons (Fsp3) is 0.333. The van der Waals surface area contributed by atoms with E-state index in [1.54, 1.807) is 6.07 Å². The van der Waals surface area contributed by atoms with Gasteiger partial charge in [-0.1, -0.05) is 24.3 Å². The number of nitrogens with zero attached hydrogens (tertiary/aromatic N) is 2. The summed E-state index contributed by atoms with van der Waals surface area (Å²) in [5, 5.41) is 6.28. The van der Waals surface area contributed by atoms with Crippen molar-refractivity contribution in [1.82, 2.24) is 20.3 Å². The van der Waals surface area contributed by atoms with Crippen molar-refractivity contribution >= 4 is 16.0 Å². The Kier molecular flexibility index (Phi) is 7.55. The molecule has 0 atom stereocenters. The molecule has 0 spiro atoms. The number of hydrogen-bond donors (Lipinski definition) is 3. The first kappa shape index (κ1) is 19.9. The Labute approximate surface area is 155 Å². The van der Waals surface area contributed by atoms with E-state index in [2.05, 4.69) is 38.3 Å². The molecule has 0 aliphatic heterocycles. The Hall–Kier alpha value is -2.45. The molecule has 0 bridgehead atoms. The first-order valence-corrected chi connectivity index (χ1v) is 9.97. The topological polar surface area (TPSA) is 95.5 Å². The number of rotatable bonds is 8. The second-order valence-corrected chi connectivity index (χ2v) is 7.40. The molecule has 1 heterocycles. The van der Waals surface area contributed by atoms with Crippen LogP contribution >= 0.6 is 0 Å². The predicted molar refractivity (Wildman–Crippen MR) is 103 cm³/mol. The molecule has 0 saturated carbocycles. The maximum Gasteiger partial charge on any atom is 0.242 e. The summed E-state index contributed by atoms with van der Waals surface area (Å²) in [6, 6.07) is 11.2. The number of benzene rings is 1. The highest BCUT2D eigenvalue weighted by Gasteiger charge is 2.12. The van der Waals surface area contributed by atoms with E-state index >= 15 is 0 Å². The Balaban J connectivity index is 1.87. The average Bonchev–Trinajstić information content (AvgIpc) is 2.65. The summed E-state index contributed by atoms with van der Waals surface area (Å²) < 4.78 is 26.8. The molecule has 0 aliphatic carbocycles. The lowest BCUT2D eigenvalue weighted by Crippen LogP contribution is -2.41. The van der Waals surface area contributed by atoms with Crippen molar-refractivity contribution in [1.29, 1.82) is 0 Å². The summed E-state index contributed by atoms with van der Waals surface area (Å²) >= 11 is 0. The van der Waals surface area contributed by atoms with Gasteiger partial charge in [0.2, 0.25) is 10.0 Å². The highest BCUT2D eigenvalue weighted by Crippen LogP contribution is 2.08. The highest BCUT2D eigenvalue weighted by atomic mass is 32.2. The van der Waals surface area contributed by atoms with E-state index in [0.29, 0.717) is 19.0 Å². The van der Waals surface area contributed by atoms with Crippen molar-refractivity contribution in [3.63, 3.8) is 0 Å². The molecule has 0 aliphatic rings. The lowest BCUT2D eigenvalue weighted by atomic mass is 10.1. The van der Waals surface area contributed by atoms with E-state index < -0.39 is 10.0 Å². The molecule has 2 rings (SSSR count). The van der Waals surface area contributed by atoms with Gasteiger partial charge in [-0.25, -0.2) is 18.1 Å². The number of aliphatic imine (C=N–C) groups is 1. The second kappa shape index (κ2) is 9.88. The van der Waals surface area contributed by atoms with Gasteiger partial charge in [0.15, 0.2) is 5.96 Å². The lowest BCUT2D eigenvalue weighted by molar-refractivity contribution is 0.580. The van der Waals surface area contributed by atoms with Crippen molar-refractivity contribution in [3.05, 3.63) is 59.9 Å². The van der Waals surface area contributed by atoms with E-state index in [0.717, 1.165) is 12.1 Å². The standard InChI is InChI=1S/C18H25N5O2S/c1-3-20-18(22-13-16-8-5-4-7-15(16)2)21-11-12-23-26(24,25)17-9-6-10-19-14-17/h4-10,14,23H,3,11-13H2,1-2H3,(H2,20,21,22). The third kappa shape index (κ3) is 6.12. The second-order valence-electron chi connectivity index (χ2n) is 5.63. The maximum absolute atomic E-state index is 12.1. The molecule has 140 valence electrons. The predicted octanol–water partition coefficient (Wildman–Crippen LogP) is 1.42. The van der Waals surface area contributed by atoms with Crippen LogP contribution in [0.4, 0.5) is 0 Å². The fourth-order valence-corrected chi connectivity index (χ4v) is 3.24. The summed E-state index contributed by atoms with van der Waals surface area (Å²) in [5.41, 5.74) is 2.35. The van der Waals surface area contributed by atoms with Crippen LogP contribution in [0.1, 0.15) is 18.1 Å². The van der Waals surface area contributed by atoms with E-state index in [9.17, 15) is 8.42 Å². The van der Waals surface area contributed by atoms with Crippen LogP contribution in [0.15, 0.2) is 58.7 Å². The summed E-state index contributed by atoms with van der Waals surface area (Å²) in [6.07, 6.45) is 2.86. The molecule has 0 amide bonds. The van der Waals surface area contributed by atoms with Gasteiger partial charge in [0.1, 0.15) is 4.90 Å². The molecule has 0 unspecified atom stereocenters. The van der Waals surface area contributed by atoms with E-state index in [1.165, 1.54) is 24.0 Å². The minimum Gasteiger partial charge on any atom is -0.357 e. The molecule has 1 aromatic carbocycles. The quantitative estimate of drug-likeness (QED) is 0.368. The smallest absolute Gasteiger partial charge is 0.242 e. The van der Waals surface area contributed by atoms with Crippen LogP contribution in [0.25, 0.3) is 0 Å². The molecular weight excluding hydrogens is 350 g/mol. The molecule has 1 aromatic heterocycles. The molecule has 0 saturated heterocycles. The molecule has 8 heteroatoms. The molecular formula is C18H25N5O2S. The number of aromatic nitrogens is 1. The van der Waals surface area contributed by atoms with Crippen molar-refractivity contribution in [2.24, 2.45) is 4.99 Å². The zero-order chi connectivity index (χ0) is 18.8. The molecule has 26 heavy (non-hydrogen) atoms. The van der Waals surface area contributed by atoms with Gasteiger partial charge in [0.25, 0.3) is 0 Å². The van der Waals surface area contributed by atoms with Crippen LogP contribution in [0.5, 0.6) is 0 Å². The number of guanidine groups is 1. The number of sulfonamides is 1. The average molecular weight is 375 g/mol. The fourth-order valence-electron chi connectivity index (χ4n) is 2.25. The number of aryl methyl sites for hydroxylation is 1. The number of nitrogens with one attached hydrogen (secondary N) is 3. The SMILES string of the molecule is CCNC(=NCc1ccccc1C)NCCNS(=O)(=O)c1cccnc1. The highest BCUT2D eigenvalue weighted by molar-refractivity contribution is 7.89. The number of pyridine rings is 1. The summed E-state index contributed by atoms with van der Waals surface area (Å²) in [6.45, 7) is 5.98. The van der Waals surface area contributed by atoms with Crippen LogP contribution in [-0.2, 0) is 16.6 Å². The molecule has 3 N–H and O–H groups in total. The molecule has 0 radical (unpaired) electrons. The van der Waals surface area contributed by atoms with Gasteiger partial charge < -0.3 is 10.6 Å². The monoisotopic (exact) mass is 375 g/mol. The Morgan fingerprint density at radius 3 is 2.62 bits per heavy atom. The Bertz CT molecular complexity index is 822. The first-order chi connectivity index (χ1) is 12.5. The summed E-state index contributed by atoms with van der Waals surface area (Å²) in [7, 11) is -3.54. The Morgan fingerprint density at radius 1 is 1.12 bits per heavy atom. The Morgan fingerprint density at radius 2 is 1.92 bits per heavy atom. The third-order valence-electron chi connectivity index (χ3n) is 3.67. The van der Waals surface area contributed by atoms with Gasteiger partial charge in [-0.2, -0.15) is 0 Å². The van der Waals surface area contributed by atoms with Crippen molar-refractivity contribution in [2.45, 2.75) is 25.3 Å². The van der Waals surface area contributed by atoms with E-state index in [-0.39, 0.29) is 11.4 Å². The summed E-state index contributed by atoms with van der Waals surface area (Å²) in [4.78, 5) is 8.52. The number of hydrogen-bond acceptors (Lipinski definition) is 4. The minimum atomic E-state index is -3.54. The van der Waals surface area contributed by atoms with Gasteiger partial charge in [0.05, 0.1) is 6.54 Å². The molecule has 7 nitrogen and oxygen atoms in total. The van der Waals surface area contributed by atoms with Crippen molar-refractivity contribution in [3.8, 4) is 0 Å². The van der Waals surface area contributed by atoms with Gasteiger partial charge >= 0.3 is 0 Å². The van der Waals surface area contributed by atoms with Crippen LogP contribution in [0, 0.1) is 6.92 Å². The minimum absolute atomic E-state index is 0.153. The molecule has 2 aromatic rings.